The van der Waals surface area contributed by atoms with Gasteiger partial charge in [-0.1, -0.05) is 65.5 Å². The number of aliphatic hydroxyl groups is 1. The summed E-state index contributed by atoms with van der Waals surface area (Å²) < 4.78 is 0. The Morgan fingerprint density at radius 3 is 2.57 bits per heavy atom. The van der Waals surface area contributed by atoms with E-state index in [4.69, 9.17) is 0 Å². The Morgan fingerprint density at radius 2 is 1.82 bits per heavy atom. The molecule has 0 bridgehead atoms. The second-order valence-electron chi connectivity index (χ2n) is 12.2. The molecule has 0 heterocycles. The number of rotatable bonds is 5. The van der Waals surface area contributed by atoms with E-state index in [1.54, 1.807) is 0 Å². The number of hydrogen-bond donors (Lipinski definition) is 1. The maximum Gasteiger partial charge on any atom is 0.0543 e. The van der Waals surface area contributed by atoms with Crippen LogP contribution in [0.4, 0.5) is 0 Å². The van der Waals surface area contributed by atoms with Crippen LogP contribution in [-0.4, -0.2) is 11.2 Å². The van der Waals surface area contributed by atoms with Gasteiger partial charge in [-0.3, -0.25) is 0 Å². The van der Waals surface area contributed by atoms with Gasteiger partial charge in [-0.15, -0.1) is 0 Å². The highest BCUT2D eigenvalue weighted by molar-refractivity contribution is 5.29. The van der Waals surface area contributed by atoms with Crippen molar-refractivity contribution >= 4 is 0 Å². The van der Waals surface area contributed by atoms with Crippen LogP contribution in [0, 0.1) is 46.3 Å². The van der Waals surface area contributed by atoms with E-state index in [1.807, 2.05) is 5.57 Å². The zero-order chi connectivity index (χ0) is 20.1. The van der Waals surface area contributed by atoms with Crippen molar-refractivity contribution in [3.8, 4) is 0 Å². The third-order valence-corrected chi connectivity index (χ3v) is 10.2. The van der Waals surface area contributed by atoms with Gasteiger partial charge in [-0.05, 0) is 97.7 Å². The number of aliphatic hydroxyl groups excluding tert-OH is 1. The lowest BCUT2D eigenvalue weighted by Crippen LogP contribution is -2.48. The molecule has 0 amide bonds. The Morgan fingerprint density at radius 1 is 1.04 bits per heavy atom. The summed E-state index contributed by atoms with van der Waals surface area (Å²) >= 11 is 0. The first-order valence-corrected chi connectivity index (χ1v) is 12.6. The van der Waals surface area contributed by atoms with E-state index in [2.05, 4.69) is 40.7 Å². The summed E-state index contributed by atoms with van der Waals surface area (Å²) in [4.78, 5) is 0. The molecule has 0 aliphatic heterocycles. The predicted octanol–water partition coefficient (Wildman–Crippen LogP) is 7.39. The minimum absolute atomic E-state index is 0.0355. The van der Waals surface area contributed by atoms with Crippen molar-refractivity contribution in [2.24, 2.45) is 46.3 Å². The van der Waals surface area contributed by atoms with Gasteiger partial charge in [0.15, 0.2) is 0 Å². The van der Waals surface area contributed by atoms with Crippen LogP contribution in [0.3, 0.4) is 0 Å². The van der Waals surface area contributed by atoms with E-state index < -0.39 is 0 Å². The molecule has 160 valence electrons. The monoisotopic (exact) mass is 386 g/mol. The molecule has 1 nitrogen and oxygen atoms in total. The first kappa shape index (κ1) is 21.0. The lowest BCUT2D eigenvalue weighted by molar-refractivity contribution is -0.0158. The van der Waals surface area contributed by atoms with Crippen molar-refractivity contribution in [2.45, 2.75) is 111 Å². The van der Waals surface area contributed by atoms with Gasteiger partial charge in [0.25, 0.3) is 0 Å². The molecule has 4 aliphatic carbocycles. The van der Waals surface area contributed by atoms with Gasteiger partial charge in [0.1, 0.15) is 0 Å². The third kappa shape index (κ3) is 3.42. The normalized spacial score (nSPS) is 46.5. The van der Waals surface area contributed by atoms with E-state index in [-0.39, 0.29) is 6.10 Å². The van der Waals surface area contributed by atoms with Gasteiger partial charge >= 0.3 is 0 Å². The molecule has 1 N–H and O–H groups in total. The Kier molecular flexibility index (Phi) is 5.80. The van der Waals surface area contributed by atoms with Gasteiger partial charge < -0.3 is 5.11 Å². The molecular formula is C27H46O. The Labute approximate surface area is 174 Å². The summed E-state index contributed by atoms with van der Waals surface area (Å²) in [6.45, 7) is 12.5. The lowest BCUT2D eigenvalue weighted by atomic mass is 9.48. The fraction of sp³-hybridized carbons (Fsp3) is 0.926. The first-order valence-electron chi connectivity index (χ1n) is 12.6. The maximum absolute atomic E-state index is 10.2. The molecule has 0 aromatic carbocycles. The van der Waals surface area contributed by atoms with Crippen LogP contribution < -0.4 is 0 Å². The average Bonchev–Trinajstić information content (AvgIpc) is 2.99. The van der Waals surface area contributed by atoms with E-state index >= 15 is 0 Å². The van der Waals surface area contributed by atoms with Gasteiger partial charge in [0, 0.05) is 0 Å². The standard InChI is InChI=1S/C27H46O/c1-18(2)7-6-8-19(3)23-11-12-24-22-10-9-20-17-21(28)13-15-26(20,4)25(22)14-16-27(23,24)5/h14,18-24,28H,6-13,15-17H2,1-5H3/t19-,20-,21+,22+,23-,24+,26+,27-/m1/s1. The van der Waals surface area contributed by atoms with Crippen molar-refractivity contribution in [3.63, 3.8) is 0 Å². The average molecular weight is 387 g/mol. The van der Waals surface area contributed by atoms with Crippen LogP contribution >= 0.6 is 0 Å². The highest BCUT2D eigenvalue weighted by Crippen LogP contribution is 2.66. The SMILES string of the molecule is CC(C)CCC[C@@H](C)[C@H]1CC[C@H]2[C@@H]3CC[C@@H]4C[C@@H](O)CC[C@]4(C)C3=CC[C@]12C. The molecule has 3 fully saturated rings. The van der Waals surface area contributed by atoms with Crippen molar-refractivity contribution < 1.29 is 5.11 Å². The van der Waals surface area contributed by atoms with Crippen LogP contribution in [0.1, 0.15) is 105 Å². The van der Waals surface area contributed by atoms with Gasteiger partial charge in [0.2, 0.25) is 0 Å². The summed E-state index contributed by atoms with van der Waals surface area (Å²) in [5.41, 5.74) is 2.78. The smallest absolute Gasteiger partial charge is 0.0543 e. The summed E-state index contributed by atoms with van der Waals surface area (Å²) in [6, 6.07) is 0. The fourth-order valence-corrected chi connectivity index (χ4v) is 8.53. The van der Waals surface area contributed by atoms with Crippen molar-refractivity contribution in [1.29, 1.82) is 0 Å². The van der Waals surface area contributed by atoms with Crippen molar-refractivity contribution in [1.82, 2.24) is 0 Å². The molecule has 0 radical (unpaired) electrons. The predicted molar refractivity (Wildman–Crippen MR) is 119 cm³/mol. The molecule has 0 saturated heterocycles. The minimum atomic E-state index is -0.0355. The van der Waals surface area contributed by atoms with Crippen molar-refractivity contribution in [2.75, 3.05) is 0 Å². The van der Waals surface area contributed by atoms with E-state index in [0.717, 1.165) is 48.3 Å². The fourth-order valence-electron chi connectivity index (χ4n) is 8.53. The second kappa shape index (κ2) is 7.75. The van der Waals surface area contributed by atoms with Gasteiger partial charge in [-0.2, -0.15) is 0 Å². The maximum atomic E-state index is 10.2. The second-order valence-corrected chi connectivity index (χ2v) is 12.2. The molecule has 4 rings (SSSR count). The molecule has 0 unspecified atom stereocenters. The summed E-state index contributed by atoms with van der Waals surface area (Å²) in [5.74, 6) is 5.18. The number of hydrogen-bond acceptors (Lipinski definition) is 1. The number of allylic oxidation sites excluding steroid dienone is 2. The molecule has 0 aromatic rings. The zero-order valence-electron chi connectivity index (χ0n) is 19.3. The highest BCUT2D eigenvalue weighted by atomic mass is 16.3. The van der Waals surface area contributed by atoms with Crippen LogP contribution in [0.25, 0.3) is 0 Å². The van der Waals surface area contributed by atoms with Crippen LogP contribution in [0.5, 0.6) is 0 Å². The molecule has 1 heteroatoms. The Balaban J connectivity index is 1.51. The lowest BCUT2D eigenvalue weighted by Gasteiger charge is -2.57. The Hall–Kier alpha value is -0.300. The molecule has 0 aromatic heterocycles. The van der Waals surface area contributed by atoms with E-state index in [0.29, 0.717) is 10.8 Å². The Bertz CT molecular complexity index is 591. The largest absolute Gasteiger partial charge is 0.393 e. The van der Waals surface area contributed by atoms with Crippen LogP contribution in [-0.2, 0) is 0 Å². The summed E-state index contributed by atoms with van der Waals surface area (Å²) in [6.07, 6.45) is 17.3. The van der Waals surface area contributed by atoms with E-state index in [1.165, 1.54) is 57.8 Å². The van der Waals surface area contributed by atoms with Crippen molar-refractivity contribution in [3.05, 3.63) is 11.6 Å². The minimum Gasteiger partial charge on any atom is -0.393 e. The molecule has 4 aliphatic rings. The molecule has 3 saturated carbocycles. The molecular weight excluding hydrogens is 340 g/mol. The molecule has 0 spiro atoms. The first-order chi connectivity index (χ1) is 13.3. The zero-order valence-corrected chi connectivity index (χ0v) is 19.3. The third-order valence-electron chi connectivity index (χ3n) is 10.2. The van der Waals surface area contributed by atoms with Gasteiger partial charge in [0.05, 0.1) is 6.10 Å². The summed E-state index contributed by atoms with van der Waals surface area (Å²) in [7, 11) is 0. The highest BCUT2D eigenvalue weighted by Gasteiger charge is 2.57. The van der Waals surface area contributed by atoms with Crippen LogP contribution in [0.15, 0.2) is 11.6 Å². The van der Waals surface area contributed by atoms with Crippen LogP contribution in [0.2, 0.25) is 0 Å². The summed E-state index contributed by atoms with van der Waals surface area (Å²) in [5, 5.41) is 10.2. The molecule has 28 heavy (non-hydrogen) atoms. The van der Waals surface area contributed by atoms with E-state index in [9.17, 15) is 5.11 Å². The molecule has 8 atom stereocenters. The topological polar surface area (TPSA) is 20.2 Å². The van der Waals surface area contributed by atoms with Gasteiger partial charge in [-0.25, -0.2) is 0 Å². The number of fused-ring (bicyclic) bond motifs is 5. The quantitative estimate of drug-likeness (QED) is 0.488.